The molecule has 19 N–H and O–H groups in total. The van der Waals surface area contributed by atoms with Gasteiger partial charge in [0, 0.05) is 46.3 Å². The second-order valence-electron chi connectivity index (χ2n) is 10.9. The first-order valence-corrected chi connectivity index (χ1v) is 14.5. The molecule has 0 aromatic carbocycles. The van der Waals surface area contributed by atoms with Crippen molar-refractivity contribution in [1.82, 2.24) is 0 Å². The van der Waals surface area contributed by atoms with E-state index in [2.05, 4.69) is 0 Å². The average molecular weight is 725 g/mol. The van der Waals surface area contributed by atoms with Gasteiger partial charge in [-0.2, -0.15) is 0 Å². The summed E-state index contributed by atoms with van der Waals surface area (Å²) in [6, 6.07) is -2.87. The highest BCUT2D eigenvalue weighted by molar-refractivity contribution is 5.63. The van der Waals surface area contributed by atoms with Gasteiger partial charge in [0.15, 0.2) is 12.6 Å². The molecule has 0 aromatic heterocycles. The minimum absolute atomic E-state index is 0.105. The lowest BCUT2D eigenvalue weighted by atomic mass is 9.84. The molecule has 3 fully saturated rings. The van der Waals surface area contributed by atoms with E-state index in [1.54, 1.807) is 0 Å². The summed E-state index contributed by atoms with van der Waals surface area (Å²) >= 11 is 0. The van der Waals surface area contributed by atoms with Gasteiger partial charge in [-0.1, -0.05) is 0 Å². The van der Waals surface area contributed by atoms with Gasteiger partial charge in [-0.25, -0.2) is 0 Å². The number of carboxylic acids is 4. The van der Waals surface area contributed by atoms with Crippen molar-refractivity contribution >= 4 is 23.9 Å². The maximum atomic E-state index is 10.7. The van der Waals surface area contributed by atoms with E-state index in [4.69, 9.17) is 81.5 Å². The number of hydrogen-bond donors (Lipinski definition) is 15. The monoisotopic (exact) mass is 724 g/mol. The Morgan fingerprint density at radius 3 is 1.39 bits per heavy atom. The SMILES string of the molecule is CC(=O)O.CC(=O)O.CC(=O)O.CC(=O)O.NC[C@H]1O[C@H](O[C@H]2[C@H](O[C@@H]3O[C@H](CO)[C@@H](O)[C@H](O)[C@H]3O)[C@@H](O)[C@H](N)C[C@@H]2N)[C@H](N)[C@@H](O)[C@@H]1O. The van der Waals surface area contributed by atoms with Crippen LogP contribution >= 0.6 is 0 Å². The standard InChI is InChI=1S/C18H36N4O11.4C2H4O2/c19-2-6-10(25)12(27)8(22)17(30-6)32-15-5(21)1-4(20)9(24)16(15)33-18-14(29)13(28)11(26)7(3-23)31-18;4*1-2(3)4/h4-18,23-29H,1-3,19-22H2;4*1H3,(H,3,4)/t4-,5+,6-,7-,8-,9+,10-,11-,12-,13+,14-,15-,16-,17-,18+;;;;/m1..../s1. The third kappa shape index (κ3) is 17.7. The molecule has 0 amide bonds. The molecular formula is C26H52N4O19. The van der Waals surface area contributed by atoms with Crippen LogP contribution in [0.5, 0.6) is 0 Å². The van der Waals surface area contributed by atoms with Crippen LogP contribution in [0.4, 0.5) is 0 Å². The van der Waals surface area contributed by atoms with Crippen LogP contribution < -0.4 is 22.9 Å². The Morgan fingerprint density at radius 2 is 0.980 bits per heavy atom. The molecule has 290 valence electrons. The molecule has 1 saturated carbocycles. The summed E-state index contributed by atoms with van der Waals surface area (Å²) in [7, 11) is 0. The minimum atomic E-state index is -1.74. The smallest absolute Gasteiger partial charge is 0.300 e. The van der Waals surface area contributed by atoms with Crippen molar-refractivity contribution < 1.29 is 94.3 Å². The average Bonchev–Trinajstić information content (AvgIpc) is 2.96. The Labute approximate surface area is 280 Å². The van der Waals surface area contributed by atoms with E-state index in [-0.39, 0.29) is 13.0 Å². The van der Waals surface area contributed by atoms with E-state index in [0.29, 0.717) is 0 Å². The predicted octanol–water partition coefficient (Wildman–Crippen LogP) is -6.93. The third-order valence-corrected chi connectivity index (χ3v) is 6.48. The highest BCUT2D eigenvalue weighted by atomic mass is 16.7. The fraction of sp³-hybridized carbons (Fsp3) is 0.846. The molecule has 1 aliphatic carbocycles. The van der Waals surface area contributed by atoms with Crippen LogP contribution in [0, 0.1) is 0 Å². The van der Waals surface area contributed by atoms with E-state index in [9.17, 15) is 35.7 Å². The van der Waals surface area contributed by atoms with E-state index < -0.39 is 122 Å². The molecule has 0 aromatic rings. The van der Waals surface area contributed by atoms with Gasteiger partial charge >= 0.3 is 0 Å². The van der Waals surface area contributed by atoms with Crippen molar-refractivity contribution in [3.63, 3.8) is 0 Å². The van der Waals surface area contributed by atoms with Gasteiger partial charge in [-0.15, -0.1) is 0 Å². The molecule has 2 heterocycles. The van der Waals surface area contributed by atoms with Crippen molar-refractivity contribution in [1.29, 1.82) is 0 Å². The van der Waals surface area contributed by atoms with Crippen molar-refractivity contribution in [2.45, 2.75) is 126 Å². The molecule has 0 radical (unpaired) electrons. The van der Waals surface area contributed by atoms with Crippen LogP contribution in [-0.2, 0) is 38.1 Å². The number of carbonyl (C=O) groups is 4. The Balaban J connectivity index is 0. The second-order valence-corrected chi connectivity index (χ2v) is 10.9. The largest absolute Gasteiger partial charge is 0.481 e. The van der Waals surface area contributed by atoms with E-state index in [1.165, 1.54) is 0 Å². The molecule has 49 heavy (non-hydrogen) atoms. The Kier molecular flexibility index (Phi) is 23.3. The van der Waals surface area contributed by atoms with E-state index in [0.717, 1.165) is 27.7 Å². The number of carboxylic acid groups (broad SMARTS) is 4. The molecule has 15 atom stereocenters. The maximum Gasteiger partial charge on any atom is 0.300 e. The topological polar surface area (TPSA) is 432 Å². The zero-order valence-electron chi connectivity index (χ0n) is 27.3. The Morgan fingerprint density at radius 1 is 0.592 bits per heavy atom. The van der Waals surface area contributed by atoms with Gasteiger partial charge in [0.2, 0.25) is 0 Å². The number of hydrogen-bond acceptors (Lipinski definition) is 19. The summed E-state index contributed by atoms with van der Waals surface area (Å²) in [4.78, 5) is 36.0. The summed E-state index contributed by atoms with van der Waals surface area (Å²) in [5.41, 5.74) is 23.7. The summed E-state index contributed by atoms with van der Waals surface area (Å²) in [6.07, 6.45) is -16.7. The van der Waals surface area contributed by atoms with Crippen molar-refractivity contribution in [2.75, 3.05) is 13.2 Å². The summed E-state index contributed by atoms with van der Waals surface area (Å²) < 4.78 is 22.5. The van der Waals surface area contributed by atoms with Gasteiger partial charge < -0.3 is 98.1 Å². The van der Waals surface area contributed by atoms with Crippen molar-refractivity contribution in [3.05, 3.63) is 0 Å². The van der Waals surface area contributed by atoms with Gasteiger partial charge in [0.05, 0.1) is 18.8 Å². The van der Waals surface area contributed by atoms with Crippen LogP contribution in [-0.4, -0.2) is 185 Å². The molecule has 0 spiro atoms. The summed E-state index contributed by atoms with van der Waals surface area (Å²) in [5, 5.41) is 100. The lowest BCUT2D eigenvalue weighted by molar-refractivity contribution is -0.342. The fourth-order valence-electron chi connectivity index (χ4n) is 4.37. The van der Waals surface area contributed by atoms with E-state index in [1.807, 2.05) is 0 Å². The number of nitrogens with two attached hydrogens (primary N) is 4. The Bertz CT molecular complexity index is 930. The van der Waals surface area contributed by atoms with Crippen LogP contribution in [0.15, 0.2) is 0 Å². The number of rotatable bonds is 6. The van der Waals surface area contributed by atoms with Crippen LogP contribution in [0.1, 0.15) is 34.1 Å². The predicted molar refractivity (Wildman–Crippen MR) is 161 cm³/mol. The molecule has 3 aliphatic rings. The molecule has 3 rings (SSSR count). The molecule has 2 aliphatic heterocycles. The van der Waals surface area contributed by atoms with Gasteiger partial charge in [0.25, 0.3) is 23.9 Å². The zero-order valence-corrected chi connectivity index (χ0v) is 27.3. The summed E-state index contributed by atoms with van der Waals surface area (Å²) in [5.74, 6) is -3.33. The number of aliphatic hydroxyl groups is 7. The van der Waals surface area contributed by atoms with Gasteiger partial charge in [-0.3, -0.25) is 19.2 Å². The molecular weight excluding hydrogens is 672 g/mol. The number of aliphatic carboxylic acids is 4. The van der Waals surface area contributed by atoms with Crippen molar-refractivity contribution in [3.8, 4) is 0 Å². The summed E-state index contributed by atoms with van der Waals surface area (Å²) in [6.45, 7) is 3.52. The van der Waals surface area contributed by atoms with Gasteiger partial charge in [-0.05, 0) is 6.42 Å². The molecule has 23 heteroatoms. The Hall–Kier alpha value is -2.72. The van der Waals surface area contributed by atoms with Crippen LogP contribution in [0.25, 0.3) is 0 Å². The zero-order chi connectivity index (χ0) is 38.9. The molecule has 0 bridgehead atoms. The van der Waals surface area contributed by atoms with E-state index >= 15 is 0 Å². The quantitative estimate of drug-likeness (QED) is 0.121. The lowest BCUT2D eigenvalue weighted by Gasteiger charge is -2.48. The molecule has 23 nitrogen and oxygen atoms in total. The molecule has 0 unspecified atom stereocenters. The minimum Gasteiger partial charge on any atom is -0.481 e. The highest BCUT2D eigenvalue weighted by Crippen LogP contribution is 2.31. The maximum absolute atomic E-state index is 10.7. The van der Waals surface area contributed by atoms with Crippen molar-refractivity contribution in [2.24, 2.45) is 22.9 Å². The fourth-order valence-corrected chi connectivity index (χ4v) is 4.37. The van der Waals surface area contributed by atoms with Crippen LogP contribution in [0.2, 0.25) is 0 Å². The highest BCUT2D eigenvalue weighted by Gasteiger charge is 2.52. The first-order valence-electron chi connectivity index (χ1n) is 14.5. The number of ether oxygens (including phenoxy) is 4. The number of aliphatic hydroxyl groups excluding tert-OH is 7. The third-order valence-electron chi connectivity index (χ3n) is 6.48. The normalized spacial score (nSPS) is 38.2. The lowest BCUT2D eigenvalue weighted by Crippen LogP contribution is -2.69. The first kappa shape index (κ1) is 48.4. The van der Waals surface area contributed by atoms with Crippen LogP contribution in [0.3, 0.4) is 0 Å². The first-order chi connectivity index (χ1) is 22.4. The van der Waals surface area contributed by atoms with Gasteiger partial charge in [0.1, 0.15) is 54.9 Å². The molecule has 2 saturated heterocycles. The second kappa shape index (κ2) is 23.6.